The summed E-state index contributed by atoms with van der Waals surface area (Å²) in [6.45, 7) is 0. The number of hydrogen-bond acceptors (Lipinski definition) is 3. The predicted octanol–water partition coefficient (Wildman–Crippen LogP) is 3.17. The van der Waals surface area contributed by atoms with E-state index in [-0.39, 0.29) is 15.6 Å². The third-order valence-corrected chi connectivity index (χ3v) is 4.63. The Morgan fingerprint density at radius 1 is 1.10 bits per heavy atom. The van der Waals surface area contributed by atoms with Gasteiger partial charge in [0.25, 0.3) is 0 Å². The van der Waals surface area contributed by atoms with E-state index in [9.17, 15) is 17.2 Å². The van der Waals surface area contributed by atoms with Crippen LogP contribution in [0.5, 0.6) is 0 Å². The molecule has 0 aromatic heterocycles. The van der Waals surface area contributed by atoms with Crippen molar-refractivity contribution in [2.45, 2.75) is 10.6 Å². The van der Waals surface area contributed by atoms with E-state index < -0.39 is 32.8 Å². The van der Waals surface area contributed by atoms with Crippen molar-refractivity contribution in [1.29, 1.82) is 0 Å². The molecule has 0 atom stereocenters. The topological polar surface area (TPSA) is 60.2 Å². The zero-order valence-corrected chi connectivity index (χ0v) is 11.7. The van der Waals surface area contributed by atoms with E-state index in [1.54, 1.807) is 0 Å². The summed E-state index contributed by atoms with van der Waals surface area (Å²) < 4.78 is 51.4. The molecule has 2 rings (SSSR count). The lowest BCUT2D eigenvalue weighted by Crippen LogP contribution is -2.10. The fourth-order valence-corrected chi connectivity index (χ4v) is 3.50. The van der Waals surface area contributed by atoms with Crippen molar-refractivity contribution in [3.63, 3.8) is 0 Å². The molecule has 2 N–H and O–H groups in total. The van der Waals surface area contributed by atoms with Gasteiger partial charge in [0.15, 0.2) is 9.84 Å². The number of nitrogens with two attached hydrogens (primary N) is 1. The van der Waals surface area contributed by atoms with E-state index in [1.165, 1.54) is 12.1 Å². The SMILES string of the molecule is Nc1ccc(Cl)cc1S(=O)(=O)Cc1c(F)cccc1F. The molecule has 0 bridgehead atoms. The van der Waals surface area contributed by atoms with Crippen LogP contribution in [0.15, 0.2) is 41.3 Å². The Morgan fingerprint density at radius 2 is 1.70 bits per heavy atom. The smallest absolute Gasteiger partial charge is 0.184 e. The average Bonchev–Trinajstić information content (AvgIpc) is 2.37. The zero-order chi connectivity index (χ0) is 14.9. The Balaban J connectivity index is 2.49. The Morgan fingerprint density at radius 3 is 2.30 bits per heavy atom. The van der Waals surface area contributed by atoms with Crippen LogP contribution >= 0.6 is 11.6 Å². The quantitative estimate of drug-likeness (QED) is 0.884. The average molecular weight is 318 g/mol. The first kappa shape index (κ1) is 14.7. The molecule has 0 unspecified atom stereocenters. The standard InChI is InChI=1S/C13H10ClF2NO2S/c14-8-4-5-12(17)13(6-8)20(18,19)7-9-10(15)2-1-3-11(9)16/h1-6H,7,17H2. The lowest BCUT2D eigenvalue weighted by atomic mass is 10.2. The van der Waals surface area contributed by atoms with Crippen LogP contribution in [0.3, 0.4) is 0 Å². The first-order valence-electron chi connectivity index (χ1n) is 5.52. The van der Waals surface area contributed by atoms with Crippen LogP contribution < -0.4 is 5.73 Å². The Bertz CT molecular complexity index is 743. The van der Waals surface area contributed by atoms with E-state index in [1.807, 2.05) is 0 Å². The van der Waals surface area contributed by atoms with Gasteiger partial charge in [-0.1, -0.05) is 17.7 Å². The van der Waals surface area contributed by atoms with Crippen molar-refractivity contribution < 1.29 is 17.2 Å². The van der Waals surface area contributed by atoms with Crippen molar-refractivity contribution >= 4 is 27.1 Å². The van der Waals surface area contributed by atoms with Crippen molar-refractivity contribution in [3.05, 3.63) is 58.6 Å². The highest BCUT2D eigenvalue weighted by atomic mass is 35.5. The second-order valence-electron chi connectivity index (χ2n) is 4.14. The highest BCUT2D eigenvalue weighted by Crippen LogP contribution is 2.27. The molecular formula is C13H10ClF2NO2S. The maximum absolute atomic E-state index is 13.5. The largest absolute Gasteiger partial charge is 0.398 e. The minimum absolute atomic E-state index is 0.0221. The number of sulfone groups is 1. The molecule has 0 spiro atoms. The molecule has 0 aliphatic heterocycles. The summed E-state index contributed by atoms with van der Waals surface area (Å²) in [6.07, 6.45) is 0. The van der Waals surface area contributed by atoms with Gasteiger partial charge in [0.1, 0.15) is 11.6 Å². The summed E-state index contributed by atoms with van der Waals surface area (Å²) in [5.74, 6) is -2.67. The zero-order valence-electron chi connectivity index (χ0n) is 10.1. The van der Waals surface area contributed by atoms with Gasteiger partial charge in [0.05, 0.1) is 16.3 Å². The highest BCUT2D eigenvalue weighted by molar-refractivity contribution is 7.90. The van der Waals surface area contributed by atoms with Crippen molar-refractivity contribution in [2.24, 2.45) is 0 Å². The number of rotatable bonds is 3. The van der Waals surface area contributed by atoms with E-state index in [0.717, 1.165) is 24.3 Å². The normalized spacial score (nSPS) is 11.6. The van der Waals surface area contributed by atoms with Gasteiger partial charge in [-0.05, 0) is 30.3 Å². The Kier molecular flexibility index (Phi) is 3.96. The number of anilines is 1. The monoisotopic (exact) mass is 317 g/mol. The van der Waals surface area contributed by atoms with E-state index in [2.05, 4.69) is 0 Å². The maximum Gasteiger partial charge on any atom is 0.184 e. The van der Waals surface area contributed by atoms with Crippen molar-refractivity contribution in [2.75, 3.05) is 5.73 Å². The summed E-state index contributed by atoms with van der Waals surface area (Å²) >= 11 is 5.72. The van der Waals surface area contributed by atoms with Crippen LogP contribution in [0.25, 0.3) is 0 Å². The molecule has 0 heterocycles. The number of hydrogen-bond donors (Lipinski definition) is 1. The van der Waals surface area contributed by atoms with Crippen LogP contribution in [0, 0.1) is 11.6 Å². The molecule has 7 heteroatoms. The molecule has 0 fully saturated rings. The molecule has 0 aliphatic carbocycles. The second-order valence-corrected chi connectivity index (χ2v) is 6.54. The van der Waals surface area contributed by atoms with Gasteiger partial charge < -0.3 is 5.73 Å². The van der Waals surface area contributed by atoms with Crippen molar-refractivity contribution in [3.8, 4) is 0 Å². The van der Waals surface area contributed by atoms with E-state index in [4.69, 9.17) is 17.3 Å². The van der Waals surface area contributed by atoms with Gasteiger partial charge in [-0.25, -0.2) is 17.2 Å². The van der Waals surface area contributed by atoms with Crippen LogP contribution in [-0.2, 0) is 15.6 Å². The van der Waals surface area contributed by atoms with Crippen molar-refractivity contribution in [1.82, 2.24) is 0 Å². The molecule has 0 amide bonds. The minimum atomic E-state index is -4.00. The van der Waals surface area contributed by atoms with Gasteiger partial charge in [-0.15, -0.1) is 0 Å². The predicted molar refractivity (Wildman–Crippen MR) is 73.1 cm³/mol. The third kappa shape index (κ3) is 2.91. The van der Waals surface area contributed by atoms with Gasteiger partial charge in [-0.3, -0.25) is 0 Å². The second kappa shape index (κ2) is 5.38. The molecular weight excluding hydrogens is 308 g/mol. The molecule has 0 aliphatic rings. The third-order valence-electron chi connectivity index (χ3n) is 2.71. The molecule has 2 aromatic carbocycles. The van der Waals surface area contributed by atoms with E-state index >= 15 is 0 Å². The fraction of sp³-hybridized carbons (Fsp3) is 0.0769. The van der Waals surface area contributed by atoms with Crippen LogP contribution in [-0.4, -0.2) is 8.42 Å². The first-order chi connectivity index (χ1) is 9.31. The minimum Gasteiger partial charge on any atom is -0.398 e. The van der Waals surface area contributed by atoms with E-state index in [0.29, 0.717) is 0 Å². The van der Waals surface area contributed by atoms with Crippen LogP contribution in [0.1, 0.15) is 5.56 Å². The van der Waals surface area contributed by atoms with Crippen LogP contribution in [0.4, 0.5) is 14.5 Å². The van der Waals surface area contributed by atoms with Gasteiger partial charge >= 0.3 is 0 Å². The summed E-state index contributed by atoms with van der Waals surface area (Å²) in [7, 11) is -4.00. The molecule has 0 saturated carbocycles. The van der Waals surface area contributed by atoms with Gasteiger partial charge in [0, 0.05) is 10.6 Å². The first-order valence-corrected chi connectivity index (χ1v) is 7.55. The summed E-state index contributed by atoms with van der Waals surface area (Å²) in [6, 6.07) is 7.07. The number of halogens is 3. The lowest BCUT2D eigenvalue weighted by Gasteiger charge is -2.09. The highest BCUT2D eigenvalue weighted by Gasteiger charge is 2.22. The summed E-state index contributed by atoms with van der Waals surface area (Å²) in [5, 5.41) is 0.173. The maximum atomic E-state index is 13.5. The Labute approximate surface area is 119 Å². The summed E-state index contributed by atoms with van der Waals surface area (Å²) in [5.41, 5.74) is 5.04. The van der Waals surface area contributed by atoms with Gasteiger partial charge in [0.2, 0.25) is 0 Å². The fourth-order valence-electron chi connectivity index (χ4n) is 1.72. The molecule has 106 valence electrons. The molecule has 0 radical (unpaired) electrons. The number of benzene rings is 2. The molecule has 0 saturated heterocycles. The Hall–Kier alpha value is -1.66. The van der Waals surface area contributed by atoms with Gasteiger partial charge in [-0.2, -0.15) is 0 Å². The molecule has 20 heavy (non-hydrogen) atoms. The lowest BCUT2D eigenvalue weighted by molar-refractivity contribution is 0.556. The molecule has 3 nitrogen and oxygen atoms in total. The number of nitrogen functional groups attached to an aromatic ring is 1. The molecule has 2 aromatic rings. The van der Waals surface area contributed by atoms with Crippen LogP contribution in [0.2, 0.25) is 5.02 Å². The summed E-state index contributed by atoms with van der Waals surface area (Å²) in [4.78, 5) is -0.243.